The summed E-state index contributed by atoms with van der Waals surface area (Å²) in [4.78, 5) is 27.9. The minimum absolute atomic E-state index is 0.0424. The van der Waals surface area contributed by atoms with E-state index < -0.39 is 0 Å². The lowest BCUT2D eigenvalue weighted by atomic mass is 9.99. The van der Waals surface area contributed by atoms with E-state index in [-0.39, 0.29) is 24.0 Å². The van der Waals surface area contributed by atoms with Gasteiger partial charge in [0.2, 0.25) is 0 Å². The standard InChI is InChI=1S/C25H32N2O3/c1-3-30-25(29)23-14-20(16-27(23)15-18-8-4-5-9-18)26-24(28)22-13-12-19-10-6-7-11-21(19)17(22)2/h6-7,10-13,18,20,23H,3-5,8-9,14-16H2,1-2H3,(H,26,28). The summed E-state index contributed by atoms with van der Waals surface area (Å²) in [7, 11) is 0. The van der Waals surface area contributed by atoms with Crippen LogP contribution in [0.1, 0.15) is 54.9 Å². The molecule has 1 heterocycles. The fourth-order valence-electron chi connectivity index (χ4n) is 5.15. The zero-order valence-corrected chi connectivity index (χ0v) is 18.0. The Kier molecular flexibility index (Phi) is 6.38. The van der Waals surface area contributed by atoms with Crippen molar-refractivity contribution >= 4 is 22.6 Å². The third-order valence-corrected chi connectivity index (χ3v) is 6.71. The van der Waals surface area contributed by atoms with Crippen LogP contribution in [0.5, 0.6) is 0 Å². The molecule has 1 saturated heterocycles. The number of rotatable bonds is 6. The molecule has 0 radical (unpaired) electrons. The molecule has 0 spiro atoms. The van der Waals surface area contributed by atoms with E-state index in [1.807, 2.05) is 38.1 Å². The Hall–Kier alpha value is -2.40. The van der Waals surface area contributed by atoms with Crippen LogP contribution in [0.3, 0.4) is 0 Å². The average Bonchev–Trinajstić information content (AvgIpc) is 3.39. The molecule has 160 valence electrons. The van der Waals surface area contributed by atoms with Crippen molar-refractivity contribution in [2.75, 3.05) is 19.7 Å². The lowest BCUT2D eigenvalue weighted by Gasteiger charge is -2.25. The molecular formula is C25H32N2O3. The highest BCUT2D eigenvalue weighted by atomic mass is 16.5. The number of benzene rings is 2. The van der Waals surface area contributed by atoms with Crippen LogP contribution < -0.4 is 5.32 Å². The zero-order valence-electron chi connectivity index (χ0n) is 18.0. The number of amides is 1. The Morgan fingerprint density at radius 3 is 2.67 bits per heavy atom. The molecule has 2 aliphatic rings. The van der Waals surface area contributed by atoms with Crippen molar-refractivity contribution < 1.29 is 14.3 Å². The van der Waals surface area contributed by atoms with Crippen LogP contribution in [-0.2, 0) is 9.53 Å². The predicted octanol–water partition coefficient (Wildman–Crippen LogP) is 4.07. The molecule has 0 aromatic heterocycles. The molecule has 1 aliphatic carbocycles. The Morgan fingerprint density at radius 2 is 1.90 bits per heavy atom. The second-order valence-corrected chi connectivity index (χ2v) is 8.74. The second-order valence-electron chi connectivity index (χ2n) is 8.74. The summed E-state index contributed by atoms with van der Waals surface area (Å²) in [5, 5.41) is 5.43. The fraction of sp³-hybridized carbons (Fsp3) is 0.520. The van der Waals surface area contributed by atoms with Gasteiger partial charge >= 0.3 is 5.97 Å². The summed E-state index contributed by atoms with van der Waals surface area (Å²) in [6.07, 6.45) is 5.65. The van der Waals surface area contributed by atoms with Gasteiger partial charge in [0.15, 0.2) is 0 Å². The van der Waals surface area contributed by atoms with Crippen LogP contribution >= 0.6 is 0 Å². The largest absolute Gasteiger partial charge is 0.465 e. The van der Waals surface area contributed by atoms with Crippen molar-refractivity contribution in [3.63, 3.8) is 0 Å². The number of ether oxygens (including phenoxy) is 1. The van der Waals surface area contributed by atoms with Gasteiger partial charge in [-0.05, 0) is 61.4 Å². The summed E-state index contributed by atoms with van der Waals surface area (Å²) in [5.41, 5.74) is 1.70. The smallest absolute Gasteiger partial charge is 0.323 e. The molecule has 2 atom stereocenters. The first-order valence-corrected chi connectivity index (χ1v) is 11.3. The highest BCUT2D eigenvalue weighted by Gasteiger charge is 2.39. The molecule has 4 rings (SSSR count). The first-order valence-electron chi connectivity index (χ1n) is 11.3. The number of nitrogens with zero attached hydrogens (tertiary/aromatic N) is 1. The van der Waals surface area contributed by atoms with Gasteiger partial charge in [-0.2, -0.15) is 0 Å². The SMILES string of the molecule is CCOC(=O)C1CC(NC(=O)c2ccc3ccccc3c2C)CN1CC1CCCC1. The quantitative estimate of drug-likeness (QED) is 0.732. The lowest BCUT2D eigenvalue weighted by Crippen LogP contribution is -2.40. The van der Waals surface area contributed by atoms with Crippen LogP contribution in [0.25, 0.3) is 10.8 Å². The van der Waals surface area contributed by atoms with Crippen LogP contribution in [-0.4, -0.2) is 48.6 Å². The molecular weight excluding hydrogens is 376 g/mol. The zero-order chi connectivity index (χ0) is 21.1. The van der Waals surface area contributed by atoms with Gasteiger partial charge in [-0.1, -0.05) is 43.2 Å². The third kappa shape index (κ3) is 4.36. The lowest BCUT2D eigenvalue weighted by molar-refractivity contribution is -0.148. The maximum Gasteiger partial charge on any atom is 0.323 e. The second kappa shape index (κ2) is 9.17. The number of likely N-dealkylation sites (tertiary alicyclic amines) is 1. The van der Waals surface area contributed by atoms with E-state index in [9.17, 15) is 9.59 Å². The highest BCUT2D eigenvalue weighted by molar-refractivity contribution is 6.01. The Morgan fingerprint density at radius 1 is 1.13 bits per heavy atom. The van der Waals surface area contributed by atoms with Gasteiger partial charge in [-0.15, -0.1) is 0 Å². The molecule has 2 fully saturated rings. The highest BCUT2D eigenvalue weighted by Crippen LogP contribution is 2.29. The van der Waals surface area contributed by atoms with E-state index in [4.69, 9.17) is 4.74 Å². The minimum Gasteiger partial charge on any atom is -0.465 e. The summed E-state index contributed by atoms with van der Waals surface area (Å²) < 4.78 is 5.33. The van der Waals surface area contributed by atoms with E-state index in [2.05, 4.69) is 22.3 Å². The van der Waals surface area contributed by atoms with Gasteiger partial charge in [0.05, 0.1) is 6.61 Å². The summed E-state index contributed by atoms with van der Waals surface area (Å²) in [6, 6.07) is 11.7. The maximum atomic E-state index is 13.1. The first kappa shape index (κ1) is 20.9. The van der Waals surface area contributed by atoms with Gasteiger partial charge in [-0.25, -0.2) is 0 Å². The van der Waals surface area contributed by atoms with Crippen molar-refractivity contribution in [2.24, 2.45) is 5.92 Å². The van der Waals surface area contributed by atoms with Crippen molar-refractivity contribution in [1.29, 1.82) is 0 Å². The van der Waals surface area contributed by atoms with Gasteiger partial charge in [0, 0.05) is 24.7 Å². The number of fused-ring (bicyclic) bond motifs is 1. The fourth-order valence-corrected chi connectivity index (χ4v) is 5.15. The molecule has 2 aromatic carbocycles. The molecule has 1 aliphatic heterocycles. The number of hydrogen-bond acceptors (Lipinski definition) is 4. The van der Waals surface area contributed by atoms with Gasteiger partial charge in [0.25, 0.3) is 5.91 Å². The third-order valence-electron chi connectivity index (χ3n) is 6.71. The van der Waals surface area contributed by atoms with Crippen molar-refractivity contribution in [2.45, 2.75) is 58.0 Å². The number of carbonyl (C=O) groups excluding carboxylic acids is 2. The molecule has 0 bridgehead atoms. The average molecular weight is 409 g/mol. The van der Waals surface area contributed by atoms with Crippen LogP contribution in [0.2, 0.25) is 0 Å². The molecule has 1 N–H and O–H groups in total. The maximum absolute atomic E-state index is 13.1. The molecule has 2 aromatic rings. The normalized spacial score (nSPS) is 22.5. The van der Waals surface area contributed by atoms with Crippen molar-refractivity contribution in [3.05, 3.63) is 47.5 Å². The van der Waals surface area contributed by atoms with Crippen LogP contribution in [0, 0.1) is 12.8 Å². The van der Waals surface area contributed by atoms with Crippen molar-refractivity contribution in [1.82, 2.24) is 10.2 Å². The predicted molar refractivity (Wildman–Crippen MR) is 119 cm³/mol. The number of nitrogens with one attached hydrogen (secondary N) is 1. The van der Waals surface area contributed by atoms with E-state index >= 15 is 0 Å². The van der Waals surface area contributed by atoms with Crippen LogP contribution in [0.15, 0.2) is 36.4 Å². The number of aryl methyl sites for hydroxylation is 1. The van der Waals surface area contributed by atoms with E-state index in [1.165, 1.54) is 25.7 Å². The van der Waals surface area contributed by atoms with E-state index in [0.717, 1.165) is 22.9 Å². The number of carbonyl (C=O) groups is 2. The Labute approximate surface area is 178 Å². The molecule has 5 nitrogen and oxygen atoms in total. The van der Waals surface area contributed by atoms with Crippen molar-refractivity contribution in [3.8, 4) is 0 Å². The minimum atomic E-state index is -0.256. The first-order chi connectivity index (χ1) is 14.6. The molecule has 30 heavy (non-hydrogen) atoms. The molecule has 1 amide bonds. The number of esters is 1. The van der Waals surface area contributed by atoms with E-state index in [0.29, 0.717) is 31.1 Å². The Bertz CT molecular complexity index is 920. The molecule has 5 heteroatoms. The van der Waals surface area contributed by atoms with Gasteiger partial charge in [0.1, 0.15) is 6.04 Å². The van der Waals surface area contributed by atoms with Gasteiger partial charge in [-0.3, -0.25) is 14.5 Å². The Balaban J connectivity index is 1.47. The summed E-state index contributed by atoms with van der Waals surface area (Å²) in [6.45, 7) is 5.86. The topological polar surface area (TPSA) is 58.6 Å². The monoisotopic (exact) mass is 408 g/mol. The van der Waals surface area contributed by atoms with Gasteiger partial charge < -0.3 is 10.1 Å². The summed E-state index contributed by atoms with van der Waals surface area (Å²) >= 11 is 0. The summed E-state index contributed by atoms with van der Waals surface area (Å²) in [5.74, 6) is 0.432. The van der Waals surface area contributed by atoms with E-state index in [1.54, 1.807) is 0 Å². The molecule has 1 saturated carbocycles. The van der Waals surface area contributed by atoms with Crippen LogP contribution in [0.4, 0.5) is 0 Å². The number of hydrogen-bond donors (Lipinski definition) is 1. The molecule has 2 unspecified atom stereocenters.